The van der Waals surface area contributed by atoms with Gasteiger partial charge in [-0.2, -0.15) is 0 Å². The highest BCUT2D eigenvalue weighted by Crippen LogP contribution is 2.20. The van der Waals surface area contributed by atoms with E-state index < -0.39 is 8.69 Å². The topological polar surface area (TPSA) is 151 Å². The van der Waals surface area contributed by atoms with Crippen LogP contribution in [0.4, 0.5) is 0 Å². The molecule has 2 N–H and O–H groups in total. The number of carbonyl (C=O) groups excluding carboxylic acids is 2. The number of ether oxygens (including phenoxy) is 4. The third-order valence-corrected chi connectivity index (χ3v) is 5.63. The summed E-state index contributed by atoms with van der Waals surface area (Å²) in [6.07, 6.45) is 2.61. The minimum absolute atomic E-state index is 0. The normalized spacial score (nSPS) is 9.23. The maximum atomic E-state index is 11.1. The molecule has 0 atom stereocenters. The Bertz CT molecular complexity index is 1210. The minimum Gasteiger partial charge on any atom is -0.508 e. The van der Waals surface area contributed by atoms with Crippen LogP contribution < -0.4 is 4.74 Å². The van der Waals surface area contributed by atoms with E-state index in [-0.39, 0.29) is 26.2 Å². The van der Waals surface area contributed by atoms with E-state index in [4.69, 9.17) is 24.0 Å². The van der Waals surface area contributed by atoms with Gasteiger partial charge in [0.25, 0.3) is 0 Å². The average molecular weight is 680 g/mol. The molecule has 0 saturated heterocycles. The molecule has 1 heterocycles. The van der Waals surface area contributed by atoms with Crippen LogP contribution in [-0.2, 0) is 39.5 Å². The predicted octanol–water partition coefficient (Wildman–Crippen LogP) is 8.46. The molecule has 0 saturated carbocycles. The second-order valence-electron chi connectivity index (χ2n) is 9.44. The van der Waals surface area contributed by atoms with Gasteiger partial charge in [-0.05, 0) is 89.3 Å². The molecule has 264 valence electrons. The zero-order chi connectivity index (χ0) is 35.3. The molecule has 0 bridgehead atoms. The number of phenolic OH excluding ortho intramolecular Hbond substituents is 1. The van der Waals surface area contributed by atoms with Crippen molar-refractivity contribution in [2.24, 2.45) is 0 Å². The zero-order valence-electron chi connectivity index (χ0n) is 28.5. The SMILES string of the molecule is C.CCOC(=O)CC.CCOC(=O)Cc1ccc(C)cc1.CCOCOc1ccc(C)cn1.Cc1cc(C)c(C)c(O)c1.O=POO. The van der Waals surface area contributed by atoms with E-state index in [1.165, 1.54) is 5.56 Å². The summed E-state index contributed by atoms with van der Waals surface area (Å²) in [6, 6.07) is 15.5. The smallest absolute Gasteiger partial charge is 0.358 e. The van der Waals surface area contributed by atoms with Gasteiger partial charge in [-0.1, -0.05) is 56.3 Å². The number of esters is 2. The van der Waals surface area contributed by atoms with Gasteiger partial charge in [-0.3, -0.25) is 9.59 Å². The van der Waals surface area contributed by atoms with Crippen molar-refractivity contribution in [2.75, 3.05) is 26.6 Å². The highest BCUT2D eigenvalue weighted by molar-refractivity contribution is 7.17. The number of aryl methyl sites for hydroxylation is 4. The van der Waals surface area contributed by atoms with Crippen molar-refractivity contribution >= 4 is 20.6 Å². The Kier molecular flexibility index (Phi) is 31.1. The van der Waals surface area contributed by atoms with Crippen molar-refractivity contribution < 1.29 is 48.1 Å². The molecular weight excluding hydrogens is 625 g/mol. The van der Waals surface area contributed by atoms with Gasteiger partial charge in [0.15, 0.2) is 6.79 Å². The lowest BCUT2D eigenvalue weighted by Gasteiger charge is -2.03. The Morgan fingerprint density at radius 3 is 1.77 bits per heavy atom. The number of carbonyl (C=O) groups is 2. The highest BCUT2D eigenvalue weighted by atomic mass is 31.1. The number of aromatic nitrogens is 1. The summed E-state index contributed by atoms with van der Waals surface area (Å²) in [5.74, 6) is 0.723. The van der Waals surface area contributed by atoms with Crippen LogP contribution in [0.15, 0.2) is 54.7 Å². The second kappa shape index (κ2) is 30.7. The lowest BCUT2D eigenvalue weighted by atomic mass is 10.1. The van der Waals surface area contributed by atoms with E-state index in [0.717, 1.165) is 27.8 Å². The van der Waals surface area contributed by atoms with Gasteiger partial charge in [-0.25, -0.2) is 14.8 Å². The van der Waals surface area contributed by atoms with Crippen LogP contribution in [0.2, 0.25) is 0 Å². The fourth-order valence-electron chi connectivity index (χ4n) is 3.09. The molecular formula is C35H54NO10P. The van der Waals surface area contributed by atoms with Gasteiger partial charge in [0.05, 0.1) is 19.6 Å². The van der Waals surface area contributed by atoms with E-state index >= 15 is 0 Å². The Morgan fingerprint density at radius 1 is 0.787 bits per heavy atom. The number of aromatic hydroxyl groups is 1. The van der Waals surface area contributed by atoms with Crippen LogP contribution in [0.3, 0.4) is 0 Å². The summed E-state index contributed by atoms with van der Waals surface area (Å²) in [6.45, 7) is 19.1. The molecule has 11 nitrogen and oxygen atoms in total. The van der Waals surface area contributed by atoms with Crippen LogP contribution in [0, 0.1) is 34.6 Å². The van der Waals surface area contributed by atoms with Gasteiger partial charge < -0.3 is 24.1 Å². The van der Waals surface area contributed by atoms with Gasteiger partial charge in [0.2, 0.25) is 5.88 Å². The second-order valence-corrected chi connectivity index (χ2v) is 9.75. The zero-order valence-corrected chi connectivity index (χ0v) is 29.4. The Morgan fingerprint density at radius 2 is 1.34 bits per heavy atom. The lowest BCUT2D eigenvalue weighted by molar-refractivity contribution is -0.143. The third kappa shape index (κ3) is 27.0. The first kappa shape index (κ1) is 47.5. The number of nitrogens with zero attached hydrogens (tertiary/aromatic N) is 1. The number of benzene rings is 2. The van der Waals surface area contributed by atoms with Crippen LogP contribution in [0.5, 0.6) is 11.6 Å². The summed E-state index contributed by atoms with van der Waals surface area (Å²) >= 11 is 0. The fraction of sp³-hybridized carbons (Fsp3) is 0.457. The number of rotatable bonds is 10. The standard InChI is InChI=1S/C11H14O2.C9H13NO2.C9H12O.C5H10O2.CH4.HO3P/c1-3-13-11(12)8-10-6-4-9(2)5-7-10;1-3-11-7-12-9-5-4-8(2)6-10-9;1-6-4-7(2)8(3)9(10)5-6;1-3-5(6)7-4-2;;1-3-4-2/h4-7H,3,8H2,1-2H3;4-6H,3,7H2,1-2H3;4-5,10H,1-3H3;3-4H2,1-2H3;1H4;1H. The predicted molar refractivity (Wildman–Crippen MR) is 185 cm³/mol. The van der Waals surface area contributed by atoms with Gasteiger partial charge >= 0.3 is 20.6 Å². The van der Waals surface area contributed by atoms with Crippen molar-refractivity contribution in [1.82, 2.24) is 4.98 Å². The molecule has 1 aromatic heterocycles. The van der Waals surface area contributed by atoms with E-state index in [1.807, 2.05) is 84.9 Å². The molecule has 0 amide bonds. The fourth-order valence-corrected chi connectivity index (χ4v) is 3.09. The van der Waals surface area contributed by atoms with Crippen LogP contribution in [0.1, 0.15) is 74.9 Å². The molecule has 0 radical (unpaired) electrons. The molecule has 3 rings (SSSR count). The lowest BCUT2D eigenvalue weighted by Crippen LogP contribution is -2.07. The molecule has 3 aromatic rings. The quantitative estimate of drug-likeness (QED) is 0.0530. The van der Waals surface area contributed by atoms with Crippen LogP contribution in [-0.4, -0.2) is 53.9 Å². The monoisotopic (exact) mass is 679 g/mol. The molecule has 0 fully saturated rings. The molecule has 0 spiro atoms. The number of pyridine rings is 1. The first-order chi connectivity index (χ1) is 21.9. The summed E-state index contributed by atoms with van der Waals surface area (Å²) in [5, 5.41) is 16.3. The summed E-state index contributed by atoms with van der Waals surface area (Å²) in [4.78, 5) is 25.3. The summed E-state index contributed by atoms with van der Waals surface area (Å²) in [7, 11) is -0.696. The van der Waals surface area contributed by atoms with Crippen LogP contribution >= 0.6 is 8.69 Å². The minimum atomic E-state index is -0.696. The molecule has 12 heteroatoms. The number of hydrogen-bond donors (Lipinski definition) is 2. The maximum Gasteiger partial charge on any atom is 0.358 e. The molecule has 0 aliphatic carbocycles. The number of phenols is 1. The molecule has 0 aliphatic rings. The van der Waals surface area contributed by atoms with Crippen molar-refractivity contribution in [2.45, 2.75) is 82.6 Å². The maximum absolute atomic E-state index is 11.1. The Balaban J connectivity index is -0.000000535. The Hall–Kier alpha value is -3.89. The van der Waals surface area contributed by atoms with E-state index in [2.05, 4.69) is 20.5 Å². The average Bonchev–Trinajstić information content (AvgIpc) is 3.03. The molecule has 47 heavy (non-hydrogen) atoms. The van der Waals surface area contributed by atoms with Crippen LogP contribution in [0.25, 0.3) is 0 Å². The summed E-state index contributed by atoms with van der Waals surface area (Å²) < 4.78 is 31.3. The largest absolute Gasteiger partial charge is 0.508 e. The third-order valence-electron chi connectivity index (χ3n) is 5.56. The first-order valence-corrected chi connectivity index (χ1v) is 15.5. The van der Waals surface area contributed by atoms with E-state index in [9.17, 15) is 14.7 Å². The molecule has 0 aliphatic heterocycles. The first-order valence-electron chi connectivity index (χ1n) is 14.8. The van der Waals surface area contributed by atoms with Gasteiger partial charge in [-0.15, -0.1) is 4.67 Å². The molecule has 2 aromatic carbocycles. The summed E-state index contributed by atoms with van der Waals surface area (Å²) in [5.41, 5.74) is 6.57. The van der Waals surface area contributed by atoms with Crippen molar-refractivity contribution in [3.8, 4) is 11.6 Å². The van der Waals surface area contributed by atoms with Gasteiger partial charge in [0, 0.05) is 25.3 Å². The van der Waals surface area contributed by atoms with Crippen molar-refractivity contribution in [3.05, 3.63) is 88.1 Å². The molecule has 0 unspecified atom stereocenters. The van der Waals surface area contributed by atoms with Crippen molar-refractivity contribution in [1.29, 1.82) is 0 Å². The van der Waals surface area contributed by atoms with E-state index in [1.54, 1.807) is 26.1 Å². The Labute approximate surface area is 282 Å². The van der Waals surface area contributed by atoms with E-state index in [0.29, 0.717) is 44.3 Å². The highest BCUT2D eigenvalue weighted by Gasteiger charge is 2.02. The number of hydrogen-bond acceptors (Lipinski definition) is 11. The van der Waals surface area contributed by atoms with Gasteiger partial charge in [0.1, 0.15) is 5.75 Å². The van der Waals surface area contributed by atoms with Crippen molar-refractivity contribution in [3.63, 3.8) is 0 Å².